The number of anilines is 1. The Morgan fingerprint density at radius 3 is 2.10 bits per heavy atom. The minimum Gasteiger partial charge on any atom is -0.363 e. The van der Waals surface area contributed by atoms with Crippen molar-refractivity contribution < 1.29 is 23.1 Å². The van der Waals surface area contributed by atoms with Gasteiger partial charge in [-0.3, -0.25) is 25.0 Å². The van der Waals surface area contributed by atoms with E-state index in [0.717, 1.165) is 10.4 Å². The molecule has 0 saturated carbocycles. The number of sulfonamides is 1. The molecule has 158 valence electrons. The van der Waals surface area contributed by atoms with Crippen molar-refractivity contribution in [2.75, 3.05) is 31.1 Å². The van der Waals surface area contributed by atoms with Gasteiger partial charge in [0, 0.05) is 43.9 Å². The Bertz CT molecular complexity index is 1130. The molecule has 0 N–H and O–H groups in total. The Hall–Kier alpha value is -3.38. The van der Waals surface area contributed by atoms with Crippen molar-refractivity contribution >= 4 is 32.9 Å². The van der Waals surface area contributed by atoms with E-state index in [1.54, 1.807) is 4.90 Å². The lowest BCUT2D eigenvalue weighted by atomic mass is 10.1. The second kappa shape index (κ2) is 8.16. The standard InChI is InChI=1S/C18H18N4O7S/c1-13(23)14-6-7-15(17(12-14)22(26)27)19-8-10-20(11-9-19)30(28,29)18-5-3-2-4-16(18)21(24)25/h2-7,12H,8-11H2,1H3. The summed E-state index contributed by atoms with van der Waals surface area (Å²) in [5, 5.41) is 22.6. The Morgan fingerprint density at radius 2 is 1.53 bits per heavy atom. The maximum Gasteiger partial charge on any atom is 0.293 e. The lowest BCUT2D eigenvalue weighted by Gasteiger charge is -2.35. The van der Waals surface area contributed by atoms with E-state index in [1.807, 2.05) is 0 Å². The first-order chi connectivity index (χ1) is 14.1. The number of nitro groups is 2. The van der Waals surface area contributed by atoms with E-state index in [4.69, 9.17) is 0 Å². The van der Waals surface area contributed by atoms with E-state index in [9.17, 15) is 33.4 Å². The van der Waals surface area contributed by atoms with Crippen molar-refractivity contribution in [1.82, 2.24) is 4.31 Å². The maximum atomic E-state index is 12.9. The van der Waals surface area contributed by atoms with Crippen LogP contribution in [0.2, 0.25) is 0 Å². The molecule has 1 aliphatic rings. The number of ketones is 1. The van der Waals surface area contributed by atoms with Crippen LogP contribution in [-0.4, -0.2) is 54.5 Å². The van der Waals surface area contributed by atoms with Gasteiger partial charge in [0.2, 0.25) is 10.0 Å². The third-order valence-corrected chi connectivity index (χ3v) is 6.78. The molecule has 1 aliphatic heterocycles. The van der Waals surface area contributed by atoms with Gasteiger partial charge < -0.3 is 4.90 Å². The average Bonchev–Trinajstić information content (AvgIpc) is 2.73. The molecule has 0 aromatic heterocycles. The summed E-state index contributed by atoms with van der Waals surface area (Å²) in [7, 11) is -4.10. The van der Waals surface area contributed by atoms with E-state index in [0.29, 0.717) is 0 Å². The van der Waals surface area contributed by atoms with Crippen LogP contribution >= 0.6 is 0 Å². The highest BCUT2D eigenvalue weighted by Gasteiger charge is 2.34. The number of rotatable bonds is 6. The van der Waals surface area contributed by atoms with Crippen LogP contribution in [-0.2, 0) is 10.0 Å². The summed E-state index contributed by atoms with van der Waals surface area (Å²) < 4.78 is 26.9. The molecule has 0 amide bonds. The van der Waals surface area contributed by atoms with E-state index in [-0.39, 0.29) is 53.8 Å². The third-order valence-electron chi connectivity index (χ3n) is 4.84. The highest BCUT2D eigenvalue weighted by atomic mass is 32.2. The van der Waals surface area contributed by atoms with Gasteiger partial charge in [-0.25, -0.2) is 8.42 Å². The molecule has 3 rings (SSSR count). The van der Waals surface area contributed by atoms with E-state index >= 15 is 0 Å². The fourth-order valence-corrected chi connectivity index (χ4v) is 4.87. The first-order valence-electron chi connectivity index (χ1n) is 8.91. The van der Waals surface area contributed by atoms with Crippen molar-refractivity contribution in [2.24, 2.45) is 0 Å². The highest BCUT2D eigenvalue weighted by Crippen LogP contribution is 2.32. The average molecular weight is 434 g/mol. The molecule has 2 aromatic rings. The van der Waals surface area contributed by atoms with Crippen LogP contribution in [0.1, 0.15) is 17.3 Å². The van der Waals surface area contributed by atoms with Crippen LogP contribution in [0.4, 0.5) is 17.1 Å². The highest BCUT2D eigenvalue weighted by molar-refractivity contribution is 7.89. The molecule has 0 spiro atoms. The number of carbonyl (C=O) groups is 1. The molecule has 0 bridgehead atoms. The van der Waals surface area contributed by atoms with Gasteiger partial charge in [0.05, 0.1) is 9.85 Å². The summed E-state index contributed by atoms with van der Waals surface area (Å²) in [6, 6.07) is 9.28. The Labute approximate surface area is 171 Å². The fraction of sp³-hybridized carbons (Fsp3) is 0.278. The summed E-state index contributed by atoms with van der Waals surface area (Å²) in [6.45, 7) is 1.62. The number of nitro benzene ring substituents is 2. The molecule has 1 heterocycles. The van der Waals surface area contributed by atoms with Gasteiger partial charge in [0.25, 0.3) is 11.4 Å². The zero-order valence-electron chi connectivity index (χ0n) is 15.9. The molecule has 2 aromatic carbocycles. The van der Waals surface area contributed by atoms with Crippen molar-refractivity contribution in [3.63, 3.8) is 0 Å². The molecular formula is C18H18N4O7S. The summed E-state index contributed by atoms with van der Waals surface area (Å²) in [5.41, 5.74) is -0.246. The molecule has 12 heteroatoms. The number of benzene rings is 2. The largest absolute Gasteiger partial charge is 0.363 e. The number of hydrogen-bond acceptors (Lipinski definition) is 8. The molecular weight excluding hydrogens is 416 g/mol. The zero-order chi connectivity index (χ0) is 22.1. The predicted molar refractivity (Wildman–Crippen MR) is 107 cm³/mol. The third kappa shape index (κ3) is 4.00. The second-order valence-electron chi connectivity index (χ2n) is 6.63. The predicted octanol–water partition coefficient (Wildman–Crippen LogP) is 2.22. The lowest BCUT2D eigenvalue weighted by molar-refractivity contribution is -0.387. The summed E-state index contributed by atoms with van der Waals surface area (Å²) in [5.74, 6) is -0.301. The van der Waals surface area contributed by atoms with Gasteiger partial charge in [0.15, 0.2) is 10.7 Å². The van der Waals surface area contributed by atoms with Crippen LogP contribution in [0.5, 0.6) is 0 Å². The van der Waals surface area contributed by atoms with Gasteiger partial charge in [-0.2, -0.15) is 4.31 Å². The molecule has 0 unspecified atom stereocenters. The molecule has 11 nitrogen and oxygen atoms in total. The number of carbonyl (C=O) groups excluding carboxylic acids is 1. The van der Waals surface area contributed by atoms with Crippen molar-refractivity contribution in [3.05, 3.63) is 68.3 Å². The Kier molecular flexibility index (Phi) is 5.80. The van der Waals surface area contributed by atoms with Crippen LogP contribution in [0.15, 0.2) is 47.4 Å². The normalized spacial score (nSPS) is 15.0. The summed E-state index contributed by atoms with van der Waals surface area (Å²) in [6.07, 6.45) is 0. The second-order valence-corrected chi connectivity index (χ2v) is 8.54. The minimum absolute atomic E-state index is 0.00000402. The number of para-hydroxylation sites is 1. The first kappa shape index (κ1) is 21.3. The van der Waals surface area contributed by atoms with Crippen LogP contribution in [0.25, 0.3) is 0 Å². The van der Waals surface area contributed by atoms with Crippen molar-refractivity contribution in [1.29, 1.82) is 0 Å². The molecule has 0 atom stereocenters. The SMILES string of the molecule is CC(=O)c1ccc(N2CCN(S(=O)(=O)c3ccccc3[N+](=O)[O-])CC2)c([N+](=O)[O-])c1. The summed E-state index contributed by atoms with van der Waals surface area (Å²) >= 11 is 0. The van der Waals surface area contributed by atoms with Crippen molar-refractivity contribution in [3.8, 4) is 0 Å². The molecule has 1 saturated heterocycles. The van der Waals surface area contributed by atoms with Crippen LogP contribution in [0, 0.1) is 20.2 Å². The number of piperazine rings is 1. The Morgan fingerprint density at radius 1 is 0.933 bits per heavy atom. The minimum atomic E-state index is -4.10. The molecule has 30 heavy (non-hydrogen) atoms. The number of hydrogen-bond donors (Lipinski definition) is 0. The first-order valence-corrected chi connectivity index (χ1v) is 10.3. The summed E-state index contributed by atoms with van der Waals surface area (Å²) in [4.78, 5) is 34.1. The smallest absolute Gasteiger partial charge is 0.293 e. The maximum absolute atomic E-state index is 12.9. The van der Waals surface area contributed by atoms with E-state index < -0.39 is 25.6 Å². The van der Waals surface area contributed by atoms with Crippen LogP contribution < -0.4 is 4.90 Å². The monoisotopic (exact) mass is 434 g/mol. The lowest BCUT2D eigenvalue weighted by Crippen LogP contribution is -2.48. The quantitative estimate of drug-likeness (QED) is 0.382. The topological polar surface area (TPSA) is 144 Å². The van der Waals surface area contributed by atoms with Crippen LogP contribution in [0.3, 0.4) is 0 Å². The van der Waals surface area contributed by atoms with Gasteiger partial charge in [0.1, 0.15) is 5.69 Å². The van der Waals surface area contributed by atoms with Crippen molar-refractivity contribution in [2.45, 2.75) is 11.8 Å². The molecule has 0 radical (unpaired) electrons. The molecule has 0 aliphatic carbocycles. The number of Topliss-reactive ketones (excluding diaryl/α,β-unsaturated/α-hetero) is 1. The Balaban J connectivity index is 1.84. The van der Waals surface area contributed by atoms with Gasteiger partial charge in [-0.15, -0.1) is 0 Å². The van der Waals surface area contributed by atoms with E-state index in [1.165, 1.54) is 43.3 Å². The van der Waals surface area contributed by atoms with Gasteiger partial charge in [-0.1, -0.05) is 12.1 Å². The molecule has 1 fully saturated rings. The fourth-order valence-electron chi connectivity index (χ4n) is 3.29. The van der Waals surface area contributed by atoms with Gasteiger partial charge >= 0.3 is 0 Å². The zero-order valence-corrected chi connectivity index (χ0v) is 16.7. The van der Waals surface area contributed by atoms with Gasteiger partial charge in [-0.05, 0) is 25.1 Å². The number of nitrogens with zero attached hydrogens (tertiary/aromatic N) is 4. The van der Waals surface area contributed by atoms with E-state index in [2.05, 4.69) is 0 Å².